The van der Waals surface area contributed by atoms with E-state index in [1.165, 1.54) is 0 Å². The molecule has 0 aliphatic carbocycles. The first-order chi connectivity index (χ1) is 18.8. The first-order valence-electron chi connectivity index (χ1n) is 12.9. The summed E-state index contributed by atoms with van der Waals surface area (Å²) in [6.45, 7) is 8.10. The van der Waals surface area contributed by atoms with Gasteiger partial charge in [-0.05, 0) is 80.5 Å². The molecule has 200 valence electrons. The van der Waals surface area contributed by atoms with Crippen molar-refractivity contribution in [1.82, 2.24) is 19.9 Å². The number of amides is 1. The normalized spacial score (nSPS) is 16.7. The van der Waals surface area contributed by atoms with Gasteiger partial charge in [0.25, 0.3) is 0 Å². The number of carbonyl (C=O) groups is 1. The highest BCUT2D eigenvalue weighted by atomic mass is 32.1. The van der Waals surface area contributed by atoms with E-state index in [0.29, 0.717) is 23.0 Å². The Bertz CT molecular complexity index is 1530. The standard InChI is InChI=1S/C30H32N6O2S/c1-6-26(37)33-23-13-12-21(17-25(23)38-5)36-28(27(34-30(36)39)24-11-7-8-14-31-24)22-16-19(3)35(20(22)4)29-18(2)10-9-15-32-29/h7-17,27-28H,6H2,1-5H3,(H,33,37)(H,34,39). The monoisotopic (exact) mass is 540 g/mol. The zero-order valence-electron chi connectivity index (χ0n) is 22.7. The predicted octanol–water partition coefficient (Wildman–Crippen LogP) is 5.73. The molecule has 1 amide bonds. The maximum Gasteiger partial charge on any atom is 0.224 e. The van der Waals surface area contributed by atoms with Gasteiger partial charge in [0.15, 0.2) is 5.11 Å². The van der Waals surface area contributed by atoms with Gasteiger partial charge in [-0.2, -0.15) is 0 Å². The highest BCUT2D eigenvalue weighted by Crippen LogP contribution is 2.45. The Morgan fingerprint density at radius 1 is 1.08 bits per heavy atom. The maximum atomic E-state index is 12.1. The van der Waals surface area contributed by atoms with Crippen LogP contribution in [-0.4, -0.2) is 32.7 Å². The Kier molecular flexibility index (Phi) is 7.34. The Balaban J connectivity index is 1.66. The number of nitrogens with one attached hydrogen (secondary N) is 2. The second-order valence-electron chi connectivity index (χ2n) is 9.59. The summed E-state index contributed by atoms with van der Waals surface area (Å²) in [7, 11) is 1.60. The molecule has 4 aromatic rings. The summed E-state index contributed by atoms with van der Waals surface area (Å²) in [6.07, 6.45) is 4.00. The summed E-state index contributed by atoms with van der Waals surface area (Å²) in [5.41, 5.74) is 6.73. The van der Waals surface area contributed by atoms with Crippen LogP contribution < -0.4 is 20.3 Å². The molecule has 1 fully saturated rings. The topological polar surface area (TPSA) is 84.3 Å². The number of ether oxygens (including phenoxy) is 1. The van der Waals surface area contributed by atoms with Crippen molar-refractivity contribution in [1.29, 1.82) is 0 Å². The van der Waals surface area contributed by atoms with E-state index >= 15 is 0 Å². The lowest BCUT2D eigenvalue weighted by molar-refractivity contribution is -0.115. The van der Waals surface area contributed by atoms with Crippen molar-refractivity contribution in [2.24, 2.45) is 0 Å². The van der Waals surface area contributed by atoms with E-state index in [1.54, 1.807) is 13.3 Å². The van der Waals surface area contributed by atoms with Gasteiger partial charge in [-0.3, -0.25) is 9.78 Å². The Labute approximate surface area is 234 Å². The van der Waals surface area contributed by atoms with Crippen LogP contribution in [0, 0.1) is 20.8 Å². The summed E-state index contributed by atoms with van der Waals surface area (Å²) < 4.78 is 7.86. The second-order valence-corrected chi connectivity index (χ2v) is 9.98. The fraction of sp³-hybridized carbons (Fsp3) is 0.267. The molecular weight excluding hydrogens is 508 g/mol. The van der Waals surface area contributed by atoms with Crippen LogP contribution in [0.3, 0.4) is 0 Å². The molecule has 2 unspecified atom stereocenters. The molecule has 0 radical (unpaired) electrons. The maximum absolute atomic E-state index is 12.1. The van der Waals surface area contributed by atoms with E-state index in [4.69, 9.17) is 17.0 Å². The average Bonchev–Trinajstić information content (AvgIpc) is 3.44. The van der Waals surface area contributed by atoms with Crippen LogP contribution >= 0.6 is 12.2 Å². The third-order valence-corrected chi connectivity index (χ3v) is 7.45. The summed E-state index contributed by atoms with van der Waals surface area (Å²) in [5.74, 6) is 1.39. The second kappa shape index (κ2) is 10.9. The Morgan fingerprint density at radius 2 is 1.87 bits per heavy atom. The molecule has 2 atom stereocenters. The number of anilines is 2. The van der Waals surface area contributed by atoms with Crippen molar-refractivity contribution >= 4 is 34.6 Å². The van der Waals surface area contributed by atoms with E-state index in [2.05, 4.69) is 63.0 Å². The van der Waals surface area contributed by atoms with Crippen LogP contribution in [0.2, 0.25) is 0 Å². The first kappa shape index (κ1) is 26.4. The molecule has 0 bridgehead atoms. The average molecular weight is 541 g/mol. The van der Waals surface area contributed by atoms with Gasteiger partial charge in [0, 0.05) is 42.0 Å². The number of rotatable bonds is 7. The number of nitrogens with zero attached hydrogens (tertiary/aromatic N) is 4. The molecule has 39 heavy (non-hydrogen) atoms. The van der Waals surface area contributed by atoms with Crippen molar-refractivity contribution in [3.63, 3.8) is 0 Å². The molecule has 1 aromatic carbocycles. The molecule has 1 aliphatic heterocycles. The van der Waals surface area contributed by atoms with Crippen molar-refractivity contribution < 1.29 is 9.53 Å². The van der Waals surface area contributed by atoms with Crippen molar-refractivity contribution in [2.45, 2.75) is 46.2 Å². The molecule has 1 aliphatic rings. The van der Waals surface area contributed by atoms with E-state index in [9.17, 15) is 4.79 Å². The number of hydrogen-bond donors (Lipinski definition) is 2. The van der Waals surface area contributed by atoms with Gasteiger partial charge in [0.1, 0.15) is 11.6 Å². The van der Waals surface area contributed by atoms with Crippen LogP contribution in [0.5, 0.6) is 5.75 Å². The Morgan fingerprint density at radius 3 is 2.56 bits per heavy atom. The van der Waals surface area contributed by atoms with Crippen molar-refractivity contribution in [3.05, 3.63) is 95.2 Å². The largest absolute Gasteiger partial charge is 0.494 e. The molecule has 4 heterocycles. The number of thiocarbonyl (C=S) groups is 1. The van der Waals surface area contributed by atoms with E-state index in [1.807, 2.05) is 55.6 Å². The van der Waals surface area contributed by atoms with Crippen molar-refractivity contribution in [2.75, 3.05) is 17.3 Å². The lowest BCUT2D eigenvalue weighted by atomic mass is 9.96. The predicted molar refractivity (Wildman–Crippen MR) is 158 cm³/mol. The van der Waals surface area contributed by atoms with Crippen LogP contribution in [0.1, 0.15) is 53.6 Å². The van der Waals surface area contributed by atoms with Gasteiger partial charge in [-0.15, -0.1) is 0 Å². The zero-order chi connectivity index (χ0) is 27.7. The summed E-state index contributed by atoms with van der Waals surface area (Å²) in [5, 5.41) is 7.02. The lowest BCUT2D eigenvalue weighted by Crippen LogP contribution is -2.29. The smallest absolute Gasteiger partial charge is 0.224 e. The molecule has 0 saturated carbocycles. The highest BCUT2D eigenvalue weighted by Gasteiger charge is 2.42. The number of aromatic nitrogens is 3. The van der Waals surface area contributed by atoms with Gasteiger partial charge in [0.05, 0.1) is 30.6 Å². The van der Waals surface area contributed by atoms with E-state index in [0.717, 1.165) is 39.7 Å². The molecule has 1 saturated heterocycles. The molecule has 9 heteroatoms. The van der Waals surface area contributed by atoms with Crippen LogP contribution in [0.25, 0.3) is 5.82 Å². The van der Waals surface area contributed by atoms with Gasteiger partial charge >= 0.3 is 0 Å². The summed E-state index contributed by atoms with van der Waals surface area (Å²) in [4.78, 5) is 23.5. The molecule has 3 aromatic heterocycles. The highest BCUT2D eigenvalue weighted by molar-refractivity contribution is 7.80. The number of pyridine rings is 2. The van der Waals surface area contributed by atoms with Crippen LogP contribution in [0.15, 0.2) is 67.0 Å². The fourth-order valence-corrected chi connectivity index (χ4v) is 5.59. The number of aryl methyl sites for hydroxylation is 2. The number of methoxy groups -OCH3 is 1. The quantitative estimate of drug-likeness (QED) is 0.290. The van der Waals surface area contributed by atoms with Gasteiger partial charge in [-0.1, -0.05) is 19.1 Å². The van der Waals surface area contributed by atoms with Crippen LogP contribution in [-0.2, 0) is 4.79 Å². The molecule has 0 spiro atoms. The van der Waals surface area contributed by atoms with Gasteiger partial charge < -0.3 is 24.8 Å². The van der Waals surface area contributed by atoms with Crippen molar-refractivity contribution in [3.8, 4) is 11.6 Å². The SMILES string of the molecule is CCC(=O)Nc1ccc(N2C(=S)NC(c3ccccn3)C2c2cc(C)n(-c3ncccc3C)c2C)cc1OC. The van der Waals surface area contributed by atoms with E-state index in [-0.39, 0.29) is 18.0 Å². The summed E-state index contributed by atoms with van der Waals surface area (Å²) in [6, 6.07) is 17.5. The minimum absolute atomic E-state index is 0.0789. The fourth-order valence-electron chi connectivity index (χ4n) is 5.25. The van der Waals surface area contributed by atoms with Gasteiger partial charge in [0.2, 0.25) is 5.91 Å². The third-order valence-electron chi connectivity index (χ3n) is 7.14. The minimum Gasteiger partial charge on any atom is -0.494 e. The summed E-state index contributed by atoms with van der Waals surface area (Å²) >= 11 is 5.93. The molecule has 8 nitrogen and oxygen atoms in total. The molecule has 2 N–H and O–H groups in total. The van der Waals surface area contributed by atoms with E-state index < -0.39 is 0 Å². The Hall–Kier alpha value is -4.24. The zero-order valence-corrected chi connectivity index (χ0v) is 23.5. The number of carbonyl (C=O) groups excluding carboxylic acids is 1. The minimum atomic E-state index is -0.197. The first-order valence-corrected chi connectivity index (χ1v) is 13.3. The molecular formula is C30H32N6O2S. The number of hydrogen-bond acceptors (Lipinski definition) is 5. The third kappa shape index (κ3) is 4.85. The lowest BCUT2D eigenvalue weighted by Gasteiger charge is -2.29. The number of benzene rings is 1. The molecule has 5 rings (SSSR count). The van der Waals surface area contributed by atoms with Gasteiger partial charge in [-0.25, -0.2) is 4.98 Å². The van der Waals surface area contributed by atoms with Crippen LogP contribution in [0.4, 0.5) is 11.4 Å².